The van der Waals surface area contributed by atoms with Crippen molar-refractivity contribution in [2.45, 2.75) is 44.6 Å². The van der Waals surface area contributed by atoms with Gasteiger partial charge in [0.25, 0.3) is 10.0 Å². The van der Waals surface area contributed by atoms with E-state index in [0.717, 1.165) is 26.3 Å². The highest BCUT2D eigenvalue weighted by Crippen LogP contribution is 2.26. The number of sulfonamides is 1. The highest BCUT2D eigenvalue weighted by molar-refractivity contribution is 9.10. The van der Waals surface area contributed by atoms with Crippen LogP contribution in [0, 0.1) is 6.92 Å². The zero-order valence-electron chi connectivity index (χ0n) is 21.9. The number of hydrogen-bond acceptors (Lipinski definition) is 4. The lowest BCUT2D eigenvalue weighted by atomic mass is 10.1. The van der Waals surface area contributed by atoms with Crippen LogP contribution in [-0.2, 0) is 26.0 Å². The maximum absolute atomic E-state index is 13.8. The Labute approximate surface area is 234 Å². The average Bonchev–Trinajstić information content (AvgIpc) is 2.91. The van der Waals surface area contributed by atoms with E-state index in [0.29, 0.717) is 18.7 Å². The van der Waals surface area contributed by atoms with Crippen molar-refractivity contribution < 1.29 is 18.0 Å². The normalized spacial score (nSPS) is 12.0. The summed E-state index contributed by atoms with van der Waals surface area (Å²) in [7, 11) is -4.07. The second kappa shape index (κ2) is 13.6. The molecule has 0 spiro atoms. The molecule has 38 heavy (non-hydrogen) atoms. The molecule has 0 heterocycles. The van der Waals surface area contributed by atoms with Crippen LogP contribution in [-0.4, -0.2) is 50.8 Å². The Morgan fingerprint density at radius 2 is 1.58 bits per heavy atom. The number of rotatable bonds is 12. The first-order valence-corrected chi connectivity index (χ1v) is 14.8. The van der Waals surface area contributed by atoms with E-state index >= 15 is 0 Å². The summed E-state index contributed by atoms with van der Waals surface area (Å²) in [4.78, 5) is 28.2. The Hall–Kier alpha value is -3.17. The van der Waals surface area contributed by atoms with Crippen molar-refractivity contribution in [1.82, 2.24) is 10.2 Å². The van der Waals surface area contributed by atoms with E-state index in [-0.39, 0.29) is 17.3 Å². The number of amides is 2. The molecule has 3 rings (SSSR count). The van der Waals surface area contributed by atoms with Crippen molar-refractivity contribution in [2.24, 2.45) is 0 Å². The molecule has 0 radical (unpaired) electrons. The van der Waals surface area contributed by atoms with Crippen LogP contribution in [0.1, 0.15) is 31.4 Å². The van der Waals surface area contributed by atoms with Crippen molar-refractivity contribution in [3.8, 4) is 0 Å². The van der Waals surface area contributed by atoms with Crippen LogP contribution in [0.15, 0.2) is 88.2 Å². The molecule has 0 saturated heterocycles. The minimum Gasteiger partial charge on any atom is -0.354 e. The Balaban J connectivity index is 1.95. The molecule has 3 aromatic carbocycles. The lowest BCUT2D eigenvalue weighted by molar-refractivity contribution is -0.138. The molecular formula is C29H34BrN3O4S. The number of nitrogens with zero attached hydrogens (tertiary/aromatic N) is 2. The molecule has 0 aromatic heterocycles. The molecule has 0 aliphatic heterocycles. The van der Waals surface area contributed by atoms with Crippen LogP contribution in [0.2, 0.25) is 0 Å². The number of hydrogen-bond donors (Lipinski definition) is 1. The van der Waals surface area contributed by atoms with Gasteiger partial charge in [-0.1, -0.05) is 70.9 Å². The fourth-order valence-electron chi connectivity index (χ4n) is 3.94. The summed E-state index contributed by atoms with van der Waals surface area (Å²) in [6.07, 6.45) is 1.30. The van der Waals surface area contributed by atoms with Crippen LogP contribution in [0.5, 0.6) is 0 Å². The van der Waals surface area contributed by atoms with Crippen LogP contribution < -0.4 is 9.62 Å². The van der Waals surface area contributed by atoms with Gasteiger partial charge in [0.15, 0.2) is 0 Å². The summed E-state index contributed by atoms with van der Waals surface area (Å²) in [6.45, 7) is 5.82. The van der Waals surface area contributed by atoms with E-state index < -0.39 is 28.5 Å². The quantitative estimate of drug-likeness (QED) is 0.319. The van der Waals surface area contributed by atoms with E-state index in [1.165, 1.54) is 17.0 Å². The van der Waals surface area contributed by atoms with Gasteiger partial charge in [-0.15, -0.1) is 0 Å². The first-order valence-electron chi connectivity index (χ1n) is 12.6. The average molecular weight is 601 g/mol. The highest BCUT2D eigenvalue weighted by Gasteiger charge is 2.32. The summed E-state index contributed by atoms with van der Waals surface area (Å²) in [5.41, 5.74) is 2.30. The van der Waals surface area contributed by atoms with Gasteiger partial charge in [-0.25, -0.2) is 8.42 Å². The van der Waals surface area contributed by atoms with Crippen molar-refractivity contribution >= 4 is 43.5 Å². The molecule has 0 fully saturated rings. The van der Waals surface area contributed by atoms with Crippen molar-refractivity contribution in [3.63, 3.8) is 0 Å². The van der Waals surface area contributed by atoms with Crippen LogP contribution in [0.25, 0.3) is 0 Å². The van der Waals surface area contributed by atoms with Gasteiger partial charge in [0.05, 0.1) is 10.6 Å². The molecule has 0 aliphatic carbocycles. The van der Waals surface area contributed by atoms with E-state index in [9.17, 15) is 18.0 Å². The lowest BCUT2D eigenvalue weighted by Gasteiger charge is -2.32. The molecule has 1 unspecified atom stereocenters. The molecule has 9 heteroatoms. The maximum Gasteiger partial charge on any atom is 0.264 e. The number of carbonyl (C=O) groups is 2. The first kappa shape index (κ1) is 29.4. The summed E-state index contributed by atoms with van der Waals surface area (Å²) in [5.74, 6) is -0.733. The second-order valence-electron chi connectivity index (χ2n) is 9.09. The minimum absolute atomic E-state index is 0.0865. The fourth-order valence-corrected chi connectivity index (χ4v) is 5.62. The van der Waals surface area contributed by atoms with Crippen LogP contribution in [0.3, 0.4) is 0 Å². The summed E-state index contributed by atoms with van der Waals surface area (Å²) >= 11 is 3.38. The SMILES string of the molecule is CCCNC(=O)C(C)N(CCc1ccccc1)C(=O)CN(c1ccc(Br)cc1)S(=O)(=O)c1ccc(C)cc1. The maximum atomic E-state index is 13.8. The molecule has 1 N–H and O–H groups in total. The zero-order chi connectivity index (χ0) is 27.7. The molecule has 2 amide bonds. The zero-order valence-corrected chi connectivity index (χ0v) is 24.3. The minimum atomic E-state index is -4.07. The highest BCUT2D eigenvalue weighted by atomic mass is 79.9. The predicted molar refractivity (Wildman–Crippen MR) is 154 cm³/mol. The van der Waals surface area contributed by atoms with Gasteiger partial charge in [-0.3, -0.25) is 13.9 Å². The van der Waals surface area contributed by atoms with Gasteiger partial charge >= 0.3 is 0 Å². The molecule has 1 atom stereocenters. The van der Waals surface area contributed by atoms with Gasteiger partial charge in [-0.2, -0.15) is 0 Å². The molecule has 7 nitrogen and oxygen atoms in total. The molecule has 3 aromatic rings. The summed E-state index contributed by atoms with van der Waals surface area (Å²) in [6, 6.07) is 22.2. The number of nitrogens with one attached hydrogen (secondary N) is 1. The third kappa shape index (κ3) is 7.68. The largest absolute Gasteiger partial charge is 0.354 e. The van der Waals surface area contributed by atoms with Gasteiger partial charge in [0.1, 0.15) is 12.6 Å². The first-order chi connectivity index (χ1) is 18.1. The molecule has 0 saturated carbocycles. The Morgan fingerprint density at radius 1 is 0.947 bits per heavy atom. The smallest absolute Gasteiger partial charge is 0.264 e. The van der Waals surface area contributed by atoms with E-state index in [2.05, 4.69) is 21.2 Å². The summed E-state index contributed by atoms with van der Waals surface area (Å²) in [5, 5.41) is 2.85. The van der Waals surface area contributed by atoms with E-state index in [1.807, 2.05) is 44.2 Å². The third-order valence-electron chi connectivity index (χ3n) is 6.20. The fraction of sp³-hybridized carbons (Fsp3) is 0.310. The van der Waals surface area contributed by atoms with Gasteiger partial charge in [0, 0.05) is 17.6 Å². The Kier molecular flexibility index (Phi) is 10.5. The number of aryl methyl sites for hydroxylation is 1. The Morgan fingerprint density at radius 3 is 2.18 bits per heavy atom. The molecule has 202 valence electrons. The molecule has 0 aliphatic rings. The van der Waals surface area contributed by atoms with Gasteiger partial charge in [0.2, 0.25) is 11.8 Å². The van der Waals surface area contributed by atoms with Crippen molar-refractivity contribution in [2.75, 3.05) is 23.9 Å². The van der Waals surface area contributed by atoms with Gasteiger partial charge in [-0.05, 0) is 68.7 Å². The Bertz CT molecular complexity index is 1310. The summed E-state index contributed by atoms with van der Waals surface area (Å²) < 4.78 is 29.4. The number of halogens is 1. The standard InChI is InChI=1S/C29H34BrN3O4S/c1-4-19-31-29(35)23(3)32(20-18-24-8-6-5-7-9-24)28(34)21-33(26-14-12-25(30)13-15-26)38(36,37)27-16-10-22(2)11-17-27/h5-17,23H,4,18-21H2,1-3H3,(H,31,35). The third-order valence-corrected chi connectivity index (χ3v) is 8.52. The number of carbonyl (C=O) groups excluding carboxylic acids is 2. The second-order valence-corrected chi connectivity index (χ2v) is 11.9. The number of benzene rings is 3. The van der Waals surface area contributed by atoms with Gasteiger partial charge < -0.3 is 10.2 Å². The molecular weight excluding hydrogens is 566 g/mol. The lowest BCUT2D eigenvalue weighted by Crippen LogP contribution is -2.52. The topological polar surface area (TPSA) is 86.8 Å². The van der Waals surface area contributed by atoms with Crippen LogP contribution >= 0.6 is 15.9 Å². The molecule has 0 bridgehead atoms. The van der Waals surface area contributed by atoms with E-state index in [4.69, 9.17) is 0 Å². The predicted octanol–water partition coefficient (Wildman–Crippen LogP) is 4.94. The van der Waals surface area contributed by atoms with Crippen LogP contribution in [0.4, 0.5) is 5.69 Å². The monoisotopic (exact) mass is 599 g/mol. The van der Waals surface area contributed by atoms with Crippen molar-refractivity contribution in [3.05, 3.63) is 94.5 Å². The van der Waals surface area contributed by atoms with Crippen molar-refractivity contribution in [1.29, 1.82) is 0 Å². The number of anilines is 1. The van der Waals surface area contributed by atoms with E-state index in [1.54, 1.807) is 43.3 Å².